The molecule has 0 spiro atoms. The van der Waals surface area contributed by atoms with E-state index in [0.717, 1.165) is 6.04 Å². The fourth-order valence-electron chi connectivity index (χ4n) is 2.74. The van der Waals surface area contributed by atoms with Crippen LogP contribution in [0.2, 0.25) is 0 Å². The van der Waals surface area contributed by atoms with Crippen LogP contribution in [-0.2, 0) is 0 Å². The van der Waals surface area contributed by atoms with Gasteiger partial charge in [0.15, 0.2) is 0 Å². The van der Waals surface area contributed by atoms with Crippen LogP contribution in [0.15, 0.2) is 0 Å². The molecule has 1 N–H and O–H groups in total. The Labute approximate surface area is 108 Å². The first kappa shape index (κ1) is 15.0. The lowest BCUT2D eigenvalue weighted by atomic mass is 9.90. The number of hydrogen-bond donors (Lipinski definition) is 1. The molecule has 0 bridgehead atoms. The highest BCUT2D eigenvalue weighted by Gasteiger charge is 2.24. The lowest BCUT2D eigenvalue weighted by Crippen LogP contribution is -2.55. The largest absolute Gasteiger partial charge is 0.311 e. The summed E-state index contributed by atoms with van der Waals surface area (Å²) in [6.45, 7) is 15.3. The maximum atomic E-state index is 3.61. The summed E-state index contributed by atoms with van der Waals surface area (Å²) in [5.74, 6) is 0. The molecule has 1 aliphatic heterocycles. The molecule has 102 valence electrons. The van der Waals surface area contributed by atoms with Crippen molar-refractivity contribution in [3.63, 3.8) is 0 Å². The first-order valence-electron chi connectivity index (χ1n) is 7.40. The molecule has 1 saturated heterocycles. The minimum Gasteiger partial charge on any atom is -0.311 e. The van der Waals surface area contributed by atoms with Gasteiger partial charge in [0.1, 0.15) is 0 Å². The van der Waals surface area contributed by atoms with Crippen LogP contribution in [0.5, 0.6) is 0 Å². The van der Waals surface area contributed by atoms with Gasteiger partial charge in [0.25, 0.3) is 0 Å². The quantitative estimate of drug-likeness (QED) is 0.793. The van der Waals surface area contributed by atoms with Crippen molar-refractivity contribution in [3.8, 4) is 0 Å². The molecule has 2 unspecified atom stereocenters. The van der Waals surface area contributed by atoms with Crippen LogP contribution in [0.3, 0.4) is 0 Å². The van der Waals surface area contributed by atoms with E-state index in [0.29, 0.717) is 11.5 Å². The summed E-state index contributed by atoms with van der Waals surface area (Å²) in [6, 6.07) is 1.44. The van der Waals surface area contributed by atoms with Gasteiger partial charge < -0.3 is 5.32 Å². The van der Waals surface area contributed by atoms with E-state index >= 15 is 0 Å². The van der Waals surface area contributed by atoms with Crippen molar-refractivity contribution >= 4 is 0 Å². The summed E-state index contributed by atoms with van der Waals surface area (Å²) in [7, 11) is 0. The molecule has 1 aliphatic rings. The van der Waals surface area contributed by atoms with E-state index in [1.165, 1.54) is 45.3 Å². The second-order valence-electron chi connectivity index (χ2n) is 6.91. The van der Waals surface area contributed by atoms with Crippen molar-refractivity contribution in [3.05, 3.63) is 0 Å². The first-order valence-corrected chi connectivity index (χ1v) is 7.40. The fourth-order valence-corrected chi connectivity index (χ4v) is 2.74. The van der Waals surface area contributed by atoms with Crippen molar-refractivity contribution in [2.24, 2.45) is 5.41 Å². The van der Waals surface area contributed by atoms with Crippen molar-refractivity contribution < 1.29 is 0 Å². The zero-order chi connectivity index (χ0) is 12.9. The van der Waals surface area contributed by atoms with Crippen LogP contribution in [0.1, 0.15) is 60.3 Å². The number of hydrogen-bond acceptors (Lipinski definition) is 2. The molecule has 0 amide bonds. The van der Waals surface area contributed by atoms with Crippen LogP contribution < -0.4 is 5.32 Å². The Morgan fingerprint density at radius 2 is 2.00 bits per heavy atom. The Balaban J connectivity index is 2.35. The van der Waals surface area contributed by atoms with Gasteiger partial charge in [-0.15, -0.1) is 0 Å². The molecular formula is C15H32N2. The Morgan fingerprint density at radius 3 is 2.59 bits per heavy atom. The van der Waals surface area contributed by atoms with E-state index in [-0.39, 0.29) is 0 Å². The van der Waals surface area contributed by atoms with E-state index in [1.54, 1.807) is 0 Å². The summed E-state index contributed by atoms with van der Waals surface area (Å²) < 4.78 is 0. The van der Waals surface area contributed by atoms with Gasteiger partial charge in [-0.3, -0.25) is 4.90 Å². The summed E-state index contributed by atoms with van der Waals surface area (Å²) in [4.78, 5) is 2.72. The van der Waals surface area contributed by atoms with Gasteiger partial charge in [-0.2, -0.15) is 0 Å². The summed E-state index contributed by atoms with van der Waals surface area (Å²) in [5.41, 5.74) is 0.486. The standard InChI is InChI=1S/C15H32N2/c1-6-8-14-11-16-13(2)12-17(14)10-7-9-15(3,4)5/h13-14,16H,6-12H2,1-5H3. The lowest BCUT2D eigenvalue weighted by molar-refractivity contribution is 0.121. The molecule has 0 aromatic carbocycles. The van der Waals surface area contributed by atoms with Crippen molar-refractivity contribution in [2.45, 2.75) is 72.4 Å². The molecule has 2 atom stereocenters. The summed E-state index contributed by atoms with van der Waals surface area (Å²) >= 11 is 0. The van der Waals surface area contributed by atoms with E-state index in [2.05, 4.69) is 44.8 Å². The Bertz CT molecular complexity index is 207. The molecule has 0 aromatic heterocycles. The third-order valence-corrected chi connectivity index (χ3v) is 3.72. The Morgan fingerprint density at radius 1 is 1.29 bits per heavy atom. The SMILES string of the molecule is CCCC1CNC(C)CN1CCCC(C)(C)C. The molecule has 2 nitrogen and oxygen atoms in total. The van der Waals surface area contributed by atoms with Gasteiger partial charge in [0.05, 0.1) is 0 Å². The minimum atomic E-state index is 0.486. The van der Waals surface area contributed by atoms with Crippen LogP contribution in [0, 0.1) is 5.41 Å². The van der Waals surface area contributed by atoms with Crippen LogP contribution in [0.25, 0.3) is 0 Å². The maximum absolute atomic E-state index is 3.61. The molecule has 2 heteroatoms. The lowest BCUT2D eigenvalue weighted by Gasteiger charge is -2.39. The third-order valence-electron chi connectivity index (χ3n) is 3.72. The molecule has 1 fully saturated rings. The average Bonchev–Trinajstić information content (AvgIpc) is 2.20. The number of nitrogens with one attached hydrogen (secondary N) is 1. The second kappa shape index (κ2) is 6.75. The maximum Gasteiger partial charge on any atom is 0.0221 e. The molecular weight excluding hydrogens is 208 g/mol. The number of rotatable bonds is 5. The van der Waals surface area contributed by atoms with Crippen molar-refractivity contribution in [2.75, 3.05) is 19.6 Å². The Kier molecular flexibility index (Phi) is 5.94. The highest BCUT2D eigenvalue weighted by Crippen LogP contribution is 2.22. The number of nitrogens with zero attached hydrogens (tertiary/aromatic N) is 1. The summed E-state index contributed by atoms with van der Waals surface area (Å²) in [5, 5.41) is 3.61. The van der Waals surface area contributed by atoms with Crippen molar-refractivity contribution in [1.29, 1.82) is 0 Å². The smallest absolute Gasteiger partial charge is 0.0221 e. The number of piperazine rings is 1. The van der Waals surface area contributed by atoms with Gasteiger partial charge in [0, 0.05) is 25.2 Å². The first-order chi connectivity index (χ1) is 7.92. The predicted molar refractivity (Wildman–Crippen MR) is 76.4 cm³/mol. The van der Waals surface area contributed by atoms with Crippen LogP contribution in [0.4, 0.5) is 0 Å². The van der Waals surface area contributed by atoms with E-state index in [1.807, 2.05) is 0 Å². The fraction of sp³-hybridized carbons (Fsp3) is 1.00. The summed E-state index contributed by atoms with van der Waals surface area (Å²) in [6.07, 6.45) is 5.33. The zero-order valence-corrected chi connectivity index (χ0v) is 12.6. The highest BCUT2D eigenvalue weighted by molar-refractivity contribution is 4.84. The monoisotopic (exact) mass is 240 g/mol. The topological polar surface area (TPSA) is 15.3 Å². The van der Waals surface area contributed by atoms with Crippen LogP contribution in [-0.4, -0.2) is 36.6 Å². The van der Waals surface area contributed by atoms with Gasteiger partial charge in [-0.05, 0) is 38.1 Å². The second-order valence-corrected chi connectivity index (χ2v) is 6.91. The van der Waals surface area contributed by atoms with Crippen molar-refractivity contribution in [1.82, 2.24) is 10.2 Å². The Hall–Kier alpha value is -0.0800. The molecule has 1 heterocycles. The zero-order valence-electron chi connectivity index (χ0n) is 12.6. The third kappa shape index (κ3) is 5.87. The predicted octanol–water partition coefficient (Wildman–Crippen LogP) is 3.28. The van der Waals surface area contributed by atoms with Gasteiger partial charge in [0.2, 0.25) is 0 Å². The molecule has 0 radical (unpaired) electrons. The van der Waals surface area contributed by atoms with E-state index < -0.39 is 0 Å². The van der Waals surface area contributed by atoms with Gasteiger partial charge in [-0.1, -0.05) is 34.1 Å². The molecule has 17 heavy (non-hydrogen) atoms. The molecule has 0 aliphatic carbocycles. The normalized spacial score (nSPS) is 27.4. The van der Waals surface area contributed by atoms with E-state index in [4.69, 9.17) is 0 Å². The van der Waals surface area contributed by atoms with Gasteiger partial charge in [-0.25, -0.2) is 0 Å². The van der Waals surface area contributed by atoms with Crippen LogP contribution >= 0.6 is 0 Å². The molecule has 0 saturated carbocycles. The molecule has 0 aromatic rings. The average molecular weight is 240 g/mol. The molecule has 1 rings (SSSR count). The highest BCUT2D eigenvalue weighted by atomic mass is 15.2. The van der Waals surface area contributed by atoms with Gasteiger partial charge >= 0.3 is 0 Å². The van der Waals surface area contributed by atoms with E-state index in [9.17, 15) is 0 Å². The minimum absolute atomic E-state index is 0.486.